The fourth-order valence-corrected chi connectivity index (χ4v) is 11.0. The number of nitrogens with zero attached hydrogens (tertiary/aromatic N) is 1. The lowest BCUT2D eigenvalue weighted by Crippen LogP contribution is -2.66. The summed E-state index contributed by atoms with van der Waals surface area (Å²) in [6, 6.07) is 18.4. The summed E-state index contributed by atoms with van der Waals surface area (Å²) in [4.78, 5) is 41.1. The third kappa shape index (κ3) is 9.31. The Balaban J connectivity index is 1.79. The van der Waals surface area contributed by atoms with Crippen LogP contribution in [0.1, 0.15) is 24.2 Å². The zero-order valence-electron chi connectivity index (χ0n) is 23.3. The zero-order chi connectivity index (χ0) is 32.2. The van der Waals surface area contributed by atoms with Gasteiger partial charge in [0.25, 0.3) is 5.91 Å². The number of amides is 1. The molecule has 1 saturated heterocycles. The van der Waals surface area contributed by atoms with Gasteiger partial charge in [0.15, 0.2) is 12.2 Å². The summed E-state index contributed by atoms with van der Waals surface area (Å²) in [6.07, 6.45) is -2.91. The minimum atomic E-state index is -2.09. The highest BCUT2D eigenvalue weighted by Crippen LogP contribution is 2.49. The second-order valence-corrected chi connectivity index (χ2v) is 18.2. The van der Waals surface area contributed by atoms with Gasteiger partial charge in [-0.3, -0.25) is 14.5 Å². The molecule has 2 aromatic rings. The molecule has 0 radical (unpaired) electrons. The summed E-state index contributed by atoms with van der Waals surface area (Å²) in [6.45, 7) is 1.21. The number of ether oxygens (including phenoxy) is 3. The molecule has 0 bridgehead atoms. The predicted molar refractivity (Wildman–Crippen MR) is 179 cm³/mol. The molecule has 1 N–H and O–H groups in total. The number of carbonyl (C=O) groups is 3. The van der Waals surface area contributed by atoms with Gasteiger partial charge in [-0.25, -0.2) is 4.79 Å². The van der Waals surface area contributed by atoms with E-state index in [1.54, 1.807) is 0 Å². The number of nitrogens with one attached hydrogen (secondary N) is 1. The SMILES string of the molecule is CO[C@@H]1C(=O)N2C(C(=O)OC(c3ccccc3)c3ccccc3)=C(C(N[PH+](CC(Cl)(Cl)Cl)CC(Cl)(Cl)Cl)OC(C)=O)CS[C@H]12. The molecule has 2 aliphatic rings. The maximum atomic E-state index is 14.2. The lowest BCUT2D eigenvalue weighted by atomic mass is 10.0. The standard InChI is InChI=1S/C28H27Cl6N2O6PS/c1-16(37)41-23(35-43(14-27(29,30)31)15-28(32,33)34)19-13-44-25-22(40-2)24(38)36(25)20(19)26(39)42-21(17-9-5-3-6-10-17)18-11-7-4-8-12-18/h3-12,21-23,25,35H,13-15H2,1-2H3/p+1/t22-,23?,25-/m1/s1. The van der Waals surface area contributed by atoms with Crippen LogP contribution < -0.4 is 5.09 Å². The Bertz CT molecular complexity index is 1320. The molecule has 238 valence electrons. The van der Waals surface area contributed by atoms with Gasteiger partial charge in [0.2, 0.25) is 13.8 Å². The van der Waals surface area contributed by atoms with Gasteiger partial charge in [-0.15, -0.1) is 11.8 Å². The van der Waals surface area contributed by atoms with Crippen molar-refractivity contribution in [2.24, 2.45) is 0 Å². The van der Waals surface area contributed by atoms with Crippen molar-refractivity contribution >= 4 is 107 Å². The molecule has 3 atom stereocenters. The lowest BCUT2D eigenvalue weighted by molar-refractivity contribution is -0.164. The fourth-order valence-electron chi connectivity index (χ4n) is 4.82. The van der Waals surface area contributed by atoms with E-state index in [0.29, 0.717) is 11.1 Å². The first-order valence-corrected chi connectivity index (χ1v) is 18.3. The summed E-state index contributed by atoms with van der Waals surface area (Å²) < 4.78 is 13.8. The Kier molecular flexibility index (Phi) is 12.5. The number of fused-ring (bicyclic) bond motifs is 1. The van der Waals surface area contributed by atoms with Gasteiger partial charge in [-0.1, -0.05) is 130 Å². The van der Waals surface area contributed by atoms with Gasteiger partial charge in [0, 0.05) is 25.4 Å². The van der Waals surface area contributed by atoms with Crippen LogP contribution in [0, 0.1) is 0 Å². The topological polar surface area (TPSA) is 94.2 Å². The third-order valence-electron chi connectivity index (χ3n) is 6.59. The first-order chi connectivity index (χ1) is 20.7. The summed E-state index contributed by atoms with van der Waals surface area (Å²) in [5, 5.41) is 2.67. The molecule has 4 rings (SSSR count). The summed E-state index contributed by atoms with van der Waals surface area (Å²) >= 11 is 38.0. The van der Waals surface area contributed by atoms with Crippen molar-refractivity contribution in [2.45, 2.75) is 38.3 Å². The van der Waals surface area contributed by atoms with Crippen LogP contribution in [0.25, 0.3) is 0 Å². The molecular weight excluding hydrogens is 736 g/mol. The maximum absolute atomic E-state index is 14.2. The van der Waals surface area contributed by atoms with Crippen molar-refractivity contribution in [3.63, 3.8) is 0 Å². The van der Waals surface area contributed by atoms with E-state index in [1.165, 1.54) is 30.7 Å². The molecule has 44 heavy (non-hydrogen) atoms. The lowest BCUT2D eigenvalue weighted by Gasteiger charge is -2.49. The van der Waals surface area contributed by atoms with E-state index in [2.05, 4.69) is 5.09 Å². The molecule has 0 saturated carbocycles. The van der Waals surface area contributed by atoms with Crippen LogP contribution in [0.5, 0.6) is 0 Å². The highest BCUT2D eigenvalue weighted by molar-refractivity contribution is 8.00. The Labute approximate surface area is 290 Å². The van der Waals surface area contributed by atoms with Crippen molar-refractivity contribution in [3.05, 3.63) is 83.1 Å². The first kappa shape index (κ1) is 35.9. The highest BCUT2D eigenvalue weighted by atomic mass is 35.6. The Morgan fingerprint density at radius 2 is 1.48 bits per heavy atom. The quantitative estimate of drug-likeness (QED) is 0.0874. The molecule has 0 aromatic heterocycles. The van der Waals surface area contributed by atoms with E-state index in [4.69, 9.17) is 83.8 Å². The van der Waals surface area contributed by atoms with Crippen molar-refractivity contribution in [1.82, 2.24) is 9.99 Å². The number of β-lactam (4-membered cyclic amide) rings is 1. The number of methoxy groups -OCH3 is 1. The molecule has 0 spiro atoms. The number of rotatable bonds is 11. The van der Waals surface area contributed by atoms with E-state index in [0.717, 1.165) is 0 Å². The van der Waals surface area contributed by atoms with Gasteiger partial charge >= 0.3 is 11.9 Å². The Morgan fingerprint density at radius 3 is 1.93 bits per heavy atom. The van der Waals surface area contributed by atoms with Crippen LogP contribution in [-0.2, 0) is 28.6 Å². The fraction of sp³-hybridized carbons (Fsp3) is 0.393. The summed E-state index contributed by atoms with van der Waals surface area (Å²) in [5.74, 6) is -1.75. The van der Waals surface area contributed by atoms with Crippen molar-refractivity contribution in [2.75, 3.05) is 25.2 Å². The molecule has 1 amide bonds. The molecule has 1 fully saturated rings. The first-order valence-electron chi connectivity index (χ1n) is 13.1. The van der Waals surface area contributed by atoms with E-state index in [1.807, 2.05) is 60.7 Å². The number of thioether (sulfide) groups is 1. The number of hydrogen-bond acceptors (Lipinski definition) is 8. The van der Waals surface area contributed by atoms with E-state index in [-0.39, 0.29) is 29.3 Å². The number of hydrogen-bond donors (Lipinski definition) is 1. The number of halogens is 6. The Hall–Kier alpha value is -0.970. The molecule has 8 nitrogen and oxygen atoms in total. The molecule has 2 aromatic carbocycles. The molecule has 2 aliphatic heterocycles. The van der Waals surface area contributed by atoms with Crippen LogP contribution in [0.4, 0.5) is 0 Å². The van der Waals surface area contributed by atoms with Crippen molar-refractivity contribution < 1.29 is 28.6 Å². The molecular formula is C28H28Cl6N2O6PS+. The van der Waals surface area contributed by atoms with Crippen LogP contribution in [0.3, 0.4) is 0 Å². The molecule has 0 aliphatic carbocycles. The number of carbonyl (C=O) groups excluding carboxylic acids is 3. The normalized spacial score (nSPS) is 19.5. The van der Waals surface area contributed by atoms with Crippen LogP contribution in [0.15, 0.2) is 71.9 Å². The second-order valence-electron chi connectivity index (χ2n) is 9.87. The molecule has 1 unspecified atom stereocenters. The van der Waals surface area contributed by atoms with Gasteiger partial charge in [-0.05, 0) is 11.1 Å². The average Bonchev–Trinajstić information content (AvgIpc) is 2.93. The predicted octanol–water partition coefficient (Wildman–Crippen LogP) is 6.85. The zero-order valence-corrected chi connectivity index (χ0v) is 29.6. The number of alkyl halides is 6. The third-order valence-corrected chi connectivity index (χ3v) is 12.6. The van der Waals surface area contributed by atoms with Crippen LogP contribution in [0.2, 0.25) is 0 Å². The van der Waals surface area contributed by atoms with Crippen LogP contribution >= 0.6 is 89.4 Å². The Morgan fingerprint density at radius 1 is 0.955 bits per heavy atom. The number of benzene rings is 2. The average molecular weight is 764 g/mol. The van der Waals surface area contributed by atoms with Crippen molar-refractivity contribution in [3.8, 4) is 0 Å². The summed E-state index contributed by atoms with van der Waals surface area (Å²) in [5.41, 5.74) is 1.62. The largest absolute Gasteiger partial charge is 0.448 e. The summed E-state index contributed by atoms with van der Waals surface area (Å²) in [7, 11) is -0.671. The molecule has 2 heterocycles. The van der Waals surface area contributed by atoms with Gasteiger partial charge in [0.1, 0.15) is 23.4 Å². The maximum Gasteiger partial charge on any atom is 0.356 e. The number of esters is 2. The second kappa shape index (κ2) is 15.3. The smallest absolute Gasteiger partial charge is 0.356 e. The van der Waals surface area contributed by atoms with E-state index in [9.17, 15) is 14.4 Å². The highest BCUT2D eigenvalue weighted by Gasteiger charge is 2.56. The van der Waals surface area contributed by atoms with Crippen LogP contribution in [-0.4, -0.2) is 73.2 Å². The van der Waals surface area contributed by atoms with Gasteiger partial charge in [0.05, 0.1) is 8.07 Å². The van der Waals surface area contributed by atoms with Gasteiger partial charge in [-0.2, -0.15) is 5.09 Å². The van der Waals surface area contributed by atoms with Gasteiger partial charge < -0.3 is 14.2 Å². The minimum absolute atomic E-state index is 0.0463. The minimum Gasteiger partial charge on any atom is -0.448 e. The van der Waals surface area contributed by atoms with E-state index >= 15 is 0 Å². The monoisotopic (exact) mass is 761 g/mol. The van der Waals surface area contributed by atoms with Crippen molar-refractivity contribution in [1.29, 1.82) is 0 Å². The molecule has 16 heteroatoms. The van der Waals surface area contributed by atoms with E-state index < -0.39 is 57.3 Å².